The summed E-state index contributed by atoms with van der Waals surface area (Å²) in [6.45, 7) is 0. The van der Waals surface area contributed by atoms with Crippen molar-refractivity contribution < 1.29 is 8.78 Å². The average Bonchev–Trinajstić information content (AvgIpc) is 2.35. The maximum atomic E-state index is 13.3. The molecule has 0 fully saturated rings. The second-order valence-electron chi connectivity index (χ2n) is 3.71. The van der Waals surface area contributed by atoms with E-state index in [0.717, 1.165) is 16.6 Å². The number of halogens is 2. The fourth-order valence-corrected chi connectivity index (χ4v) is 2.00. The number of nitrogens with two attached hydrogens (primary N) is 1. The van der Waals surface area contributed by atoms with Gasteiger partial charge in [0.25, 0.3) is 0 Å². The van der Waals surface area contributed by atoms with Crippen molar-refractivity contribution in [3.05, 3.63) is 48.0 Å². The molecule has 0 bridgehead atoms. The molecule has 94 valence electrons. The zero-order valence-corrected chi connectivity index (χ0v) is 10.5. The largest absolute Gasteiger partial charge is 0.395 e. The number of hydrogen-bond donors (Lipinski definition) is 2. The molecule has 0 radical (unpaired) electrons. The molecule has 2 aromatic rings. The van der Waals surface area contributed by atoms with E-state index in [1.54, 1.807) is 11.8 Å². The maximum absolute atomic E-state index is 13.3. The number of nitrogens with one attached hydrogen (secondary N) is 1. The molecule has 0 saturated heterocycles. The molecule has 2 nitrogen and oxygen atoms in total. The maximum Gasteiger partial charge on any atom is 0.151 e. The second kappa shape index (κ2) is 5.27. The molecule has 2 aromatic carbocycles. The van der Waals surface area contributed by atoms with Crippen LogP contribution in [0.2, 0.25) is 0 Å². The van der Waals surface area contributed by atoms with E-state index in [1.807, 2.05) is 30.5 Å². The van der Waals surface area contributed by atoms with E-state index >= 15 is 0 Å². The van der Waals surface area contributed by atoms with Gasteiger partial charge in [-0.3, -0.25) is 0 Å². The van der Waals surface area contributed by atoms with Gasteiger partial charge in [-0.15, -0.1) is 11.8 Å². The smallest absolute Gasteiger partial charge is 0.151 e. The SMILES string of the molecule is CSc1cccc(Nc2cc(F)cc(F)c2N)c1. The van der Waals surface area contributed by atoms with Crippen LogP contribution in [0.25, 0.3) is 0 Å². The predicted octanol–water partition coefficient (Wildman–Crippen LogP) is 4.01. The van der Waals surface area contributed by atoms with Gasteiger partial charge in [0, 0.05) is 16.6 Å². The van der Waals surface area contributed by atoms with Gasteiger partial charge in [-0.2, -0.15) is 0 Å². The first kappa shape index (κ1) is 12.7. The third kappa shape index (κ3) is 2.73. The van der Waals surface area contributed by atoms with E-state index in [2.05, 4.69) is 5.32 Å². The van der Waals surface area contributed by atoms with Gasteiger partial charge >= 0.3 is 0 Å². The number of rotatable bonds is 3. The van der Waals surface area contributed by atoms with Crippen LogP contribution in [0.3, 0.4) is 0 Å². The summed E-state index contributed by atoms with van der Waals surface area (Å²) in [4.78, 5) is 1.05. The highest BCUT2D eigenvalue weighted by atomic mass is 32.2. The molecule has 0 aliphatic heterocycles. The Bertz CT molecular complexity index is 573. The lowest BCUT2D eigenvalue weighted by Crippen LogP contribution is -2.00. The Hall–Kier alpha value is -1.75. The van der Waals surface area contributed by atoms with Gasteiger partial charge in [0.1, 0.15) is 5.82 Å². The summed E-state index contributed by atoms with van der Waals surface area (Å²) < 4.78 is 26.4. The number of nitrogen functional groups attached to an aromatic ring is 1. The highest BCUT2D eigenvalue weighted by molar-refractivity contribution is 7.98. The molecule has 2 rings (SSSR count). The van der Waals surface area contributed by atoms with Crippen molar-refractivity contribution in [2.24, 2.45) is 0 Å². The summed E-state index contributed by atoms with van der Waals surface area (Å²) in [6.07, 6.45) is 1.95. The fraction of sp³-hybridized carbons (Fsp3) is 0.0769. The van der Waals surface area contributed by atoms with E-state index < -0.39 is 11.6 Å². The number of benzene rings is 2. The molecule has 3 N–H and O–H groups in total. The van der Waals surface area contributed by atoms with Crippen molar-refractivity contribution in [2.75, 3.05) is 17.3 Å². The molecule has 0 atom stereocenters. The zero-order chi connectivity index (χ0) is 13.1. The quantitative estimate of drug-likeness (QED) is 0.651. The van der Waals surface area contributed by atoms with E-state index in [9.17, 15) is 8.78 Å². The Labute approximate surface area is 108 Å². The molecule has 0 saturated carbocycles. The van der Waals surface area contributed by atoms with Crippen LogP contribution in [0, 0.1) is 11.6 Å². The molecular weight excluding hydrogens is 254 g/mol. The number of thioether (sulfide) groups is 1. The van der Waals surface area contributed by atoms with Gasteiger partial charge in [-0.25, -0.2) is 8.78 Å². The normalized spacial score (nSPS) is 10.4. The van der Waals surface area contributed by atoms with E-state index in [1.165, 1.54) is 6.07 Å². The van der Waals surface area contributed by atoms with Gasteiger partial charge in [0.2, 0.25) is 0 Å². The van der Waals surface area contributed by atoms with Gasteiger partial charge < -0.3 is 11.1 Å². The van der Waals surface area contributed by atoms with Crippen LogP contribution in [0.5, 0.6) is 0 Å². The van der Waals surface area contributed by atoms with Crippen LogP contribution in [0.15, 0.2) is 41.3 Å². The Morgan fingerprint density at radius 3 is 2.67 bits per heavy atom. The van der Waals surface area contributed by atoms with Crippen molar-refractivity contribution in [3.63, 3.8) is 0 Å². The Morgan fingerprint density at radius 1 is 1.17 bits per heavy atom. The van der Waals surface area contributed by atoms with Crippen LogP contribution in [-0.4, -0.2) is 6.26 Å². The summed E-state index contributed by atoms with van der Waals surface area (Å²) in [6, 6.07) is 9.43. The first-order chi connectivity index (χ1) is 8.60. The van der Waals surface area contributed by atoms with E-state index in [0.29, 0.717) is 0 Å². The summed E-state index contributed by atoms with van der Waals surface area (Å²) >= 11 is 1.58. The standard InChI is InChI=1S/C13H12F2N2S/c1-18-10-4-2-3-9(7-10)17-12-6-8(14)5-11(15)13(12)16/h2-7,17H,16H2,1H3. The lowest BCUT2D eigenvalue weighted by atomic mass is 10.2. The minimum Gasteiger partial charge on any atom is -0.395 e. The highest BCUT2D eigenvalue weighted by Gasteiger charge is 2.08. The first-order valence-corrected chi connectivity index (χ1v) is 6.48. The van der Waals surface area contributed by atoms with Crippen molar-refractivity contribution in [2.45, 2.75) is 4.90 Å². The molecule has 0 aromatic heterocycles. The molecule has 0 aliphatic rings. The second-order valence-corrected chi connectivity index (χ2v) is 4.59. The Balaban J connectivity index is 2.33. The van der Waals surface area contributed by atoms with E-state index in [-0.39, 0.29) is 11.4 Å². The van der Waals surface area contributed by atoms with Crippen molar-refractivity contribution in [3.8, 4) is 0 Å². The lowest BCUT2D eigenvalue weighted by molar-refractivity contribution is 0.587. The predicted molar refractivity (Wildman–Crippen MR) is 72.3 cm³/mol. The minimum atomic E-state index is -0.765. The zero-order valence-electron chi connectivity index (χ0n) is 9.71. The van der Waals surface area contributed by atoms with Crippen molar-refractivity contribution in [1.29, 1.82) is 0 Å². The summed E-state index contributed by atoms with van der Waals surface area (Å²) in [5, 5.41) is 2.91. The van der Waals surface area contributed by atoms with Gasteiger partial charge in [-0.05, 0) is 30.5 Å². The number of hydrogen-bond acceptors (Lipinski definition) is 3. The van der Waals surface area contributed by atoms with Crippen molar-refractivity contribution >= 4 is 28.8 Å². The molecule has 5 heteroatoms. The molecule has 0 unspecified atom stereocenters. The summed E-state index contributed by atoms with van der Waals surface area (Å²) in [7, 11) is 0. The molecule has 0 spiro atoms. The van der Waals surface area contributed by atoms with Gasteiger partial charge in [0.15, 0.2) is 5.82 Å². The van der Waals surface area contributed by atoms with Crippen molar-refractivity contribution in [1.82, 2.24) is 0 Å². The third-order valence-corrected chi connectivity index (χ3v) is 3.17. The Morgan fingerprint density at radius 2 is 1.94 bits per heavy atom. The van der Waals surface area contributed by atoms with Gasteiger partial charge in [0.05, 0.1) is 11.4 Å². The topological polar surface area (TPSA) is 38.0 Å². The molecule has 0 heterocycles. The highest BCUT2D eigenvalue weighted by Crippen LogP contribution is 2.28. The van der Waals surface area contributed by atoms with Crippen LogP contribution < -0.4 is 11.1 Å². The summed E-state index contributed by atoms with van der Waals surface area (Å²) in [5.74, 6) is -1.43. The molecule has 0 amide bonds. The van der Waals surface area contributed by atoms with Crippen LogP contribution in [0.4, 0.5) is 25.8 Å². The summed E-state index contributed by atoms with van der Waals surface area (Å²) in [5.41, 5.74) is 6.43. The lowest BCUT2D eigenvalue weighted by Gasteiger charge is -2.11. The van der Waals surface area contributed by atoms with E-state index in [4.69, 9.17) is 5.73 Å². The third-order valence-electron chi connectivity index (χ3n) is 2.44. The molecule has 18 heavy (non-hydrogen) atoms. The number of anilines is 3. The first-order valence-electron chi connectivity index (χ1n) is 5.26. The van der Waals surface area contributed by atoms with Crippen LogP contribution >= 0.6 is 11.8 Å². The molecule has 0 aliphatic carbocycles. The van der Waals surface area contributed by atoms with Crippen LogP contribution in [-0.2, 0) is 0 Å². The minimum absolute atomic E-state index is 0.0917. The average molecular weight is 266 g/mol. The molecular formula is C13H12F2N2S. The van der Waals surface area contributed by atoms with Gasteiger partial charge in [-0.1, -0.05) is 6.07 Å². The fourth-order valence-electron chi connectivity index (χ4n) is 1.54. The van der Waals surface area contributed by atoms with Crippen LogP contribution in [0.1, 0.15) is 0 Å². The Kier molecular flexibility index (Phi) is 3.72. The monoisotopic (exact) mass is 266 g/mol.